The van der Waals surface area contributed by atoms with Crippen molar-refractivity contribution in [1.29, 1.82) is 0 Å². The molecule has 0 aliphatic carbocycles. The molecule has 5 aromatic rings. The smallest absolute Gasteiger partial charge is 0.255 e. The van der Waals surface area contributed by atoms with E-state index < -0.39 is 0 Å². The second kappa shape index (κ2) is 8.57. The van der Waals surface area contributed by atoms with Crippen LogP contribution in [0, 0.1) is 0 Å². The van der Waals surface area contributed by atoms with Crippen molar-refractivity contribution >= 4 is 34.2 Å². The molecule has 2 N–H and O–H groups in total. The standard InChI is InChI=1S/C26H18ClN3O2/c27-19-14-15-21-23(16-19)29-25(28-21)17-10-12-18(13-11-17)26(31)30-22-8-4-5-9-24(22)32-20-6-2-1-3-7-20/h1-16H,(H,28,29)(H,30,31). The van der Waals surface area contributed by atoms with Crippen LogP contribution in [0.1, 0.15) is 10.4 Å². The second-order valence-corrected chi connectivity index (χ2v) is 7.63. The third kappa shape index (κ3) is 4.19. The van der Waals surface area contributed by atoms with E-state index in [0.29, 0.717) is 27.8 Å². The lowest BCUT2D eigenvalue weighted by Crippen LogP contribution is -2.12. The topological polar surface area (TPSA) is 67.0 Å². The first-order chi connectivity index (χ1) is 15.7. The summed E-state index contributed by atoms with van der Waals surface area (Å²) in [4.78, 5) is 20.7. The van der Waals surface area contributed by atoms with Crippen LogP contribution >= 0.6 is 11.6 Å². The van der Waals surface area contributed by atoms with E-state index in [2.05, 4.69) is 15.3 Å². The van der Waals surface area contributed by atoms with Crippen LogP contribution in [0.15, 0.2) is 97.1 Å². The number of hydrogen-bond acceptors (Lipinski definition) is 3. The molecule has 0 atom stereocenters. The molecule has 5 nitrogen and oxygen atoms in total. The number of carbonyl (C=O) groups excluding carboxylic acids is 1. The van der Waals surface area contributed by atoms with Gasteiger partial charge in [0.1, 0.15) is 11.6 Å². The van der Waals surface area contributed by atoms with Gasteiger partial charge in [-0.05, 0) is 54.6 Å². The highest BCUT2D eigenvalue weighted by Crippen LogP contribution is 2.30. The van der Waals surface area contributed by atoms with E-state index in [9.17, 15) is 4.79 Å². The van der Waals surface area contributed by atoms with Crippen molar-refractivity contribution < 1.29 is 9.53 Å². The highest BCUT2D eigenvalue weighted by Gasteiger charge is 2.12. The van der Waals surface area contributed by atoms with Crippen molar-refractivity contribution in [2.24, 2.45) is 0 Å². The zero-order valence-electron chi connectivity index (χ0n) is 16.9. The molecule has 0 saturated heterocycles. The van der Waals surface area contributed by atoms with Crippen molar-refractivity contribution in [1.82, 2.24) is 9.97 Å². The van der Waals surface area contributed by atoms with Gasteiger partial charge in [0, 0.05) is 16.1 Å². The summed E-state index contributed by atoms with van der Waals surface area (Å²) in [5, 5.41) is 3.58. The number of fused-ring (bicyclic) bond motifs is 1. The maximum Gasteiger partial charge on any atom is 0.255 e. The molecule has 0 unspecified atom stereocenters. The van der Waals surface area contributed by atoms with Crippen molar-refractivity contribution in [2.45, 2.75) is 0 Å². The molecule has 0 bridgehead atoms. The number of aromatic nitrogens is 2. The van der Waals surface area contributed by atoms with Crippen LogP contribution in [0.2, 0.25) is 5.02 Å². The van der Waals surface area contributed by atoms with Crippen LogP contribution in [0.5, 0.6) is 11.5 Å². The number of anilines is 1. The maximum atomic E-state index is 12.8. The van der Waals surface area contributed by atoms with Crippen LogP contribution in [0.4, 0.5) is 5.69 Å². The molecule has 156 valence electrons. The first-order valence-corrected chi connectivity index (χ1v) is 10.4. The monoisotopic (exact) mass is 439 g/mol. The molecule has 5 rings (SSSR count). The third-order valence-electron chi connectivity index (χ3n) is 4.97. The first kappa shape index (κ1) is 19.8. The van der Waals surface area contributed by atoms with Crippen LogP contribution in [-0.4, -0.2) is 15.9 Å². The largest absolute Gasteiger partial charge is 0.455 e. The summed E-state index contributed by atoms with van der Waals surface area (Å²) in [6, 6.07) is 29.6. The number of para-hydroxylation sites is 3. The average Bonchev–Trinajstić information content (AvgIpc) is 3.24. The van der Waals surface area contributed by atoms with Gasteiger partial charge in [0.2, 0.25) is 0 Å². The molecule has 0 aliphatic heterocycles. The number of imidazole rings is 1. The number of carbonyl (C=O) groups is 1. The van der Waals surface area contributed by atoms with E-state index in [1.165, 1.54) is 0 Å². The minimum Gasteiger partial charge on any atom is -0.455 e. The summed E-state index contributed by atoms with van der Waals surface area (Å²) >= 11 is 6.05. The Morgan fingerprint density at radius 2 is 1.62 bits per heavy atom. The van der Waals surface area contributed by atoms with E-state index in [1.807, 2.05) is 78.9 Å². The fourth-order valence-electron chi connectivity index (χ4n) is 3.37. The molecule has 4 aromatic carbocycles. The zero-order valence-corrected chi connectivity index (χ0v) is 17.6. The molecule has 1 heterocycles. The van der Waals surface area contributed by atoms with Crippen molar-refractivity contribution in [3.05, 3.63) is 108 Å². The molecule has 32 heavy (non-hydrogen) atoms. The molecule has 0 radical (unpaired) electrons. The van der Waals surface area contributed by atoms with Gasteiger partial charge in [-0.15, -0.1) is 0 Å². The Balaban J connectivity index is 1.34. The van der Waals surface area contributed by atoms with Crippen molar-refractivity contribution in [3.63, 3.8) is 0 Å². The number of nitrogens with zero attached hydrogens (tertiary/aromatic N) is 1. The van der Waals surface area contributed by atoms with Crippen molar-refractivity contribution in [3.8, 4) is 22.9 Å². The summed E-state index contributed by atoms with van der Waals surface area (Å²) in [6.07, 6.45) is 0. The molecule has 6 heteroatoms. The van der Waals surface area contributed by atoms with Gasteiger partial charge >= 0.3 is 0 Å². The number of amides is 1. The van der Waals surface area contributed by atoms with Gasteiger partial charge < -0.3 is 15.0 Å². The highest BCUT2D eigenvalue weighted by atomic mass is 35.5. The molecule has 1 amide bonds. The molecule has 0 saturated carbocycles. The van der Waals surface area contributed by atoms with Crippen LogP contribution < -0.4 is 10.1 Å². The Kier molecular flexibility index (Phi) is 5.32. The number of aromatic amines is 1. The number of rotatable bonds is 5. The number of H-pyrrole nitrogens is 1. The number of benzene rings is 4. The number of ether oxygens (including phenoxy) is 1. The predicted molar refractivity (Wildman–Crippen MR) is 127 cm³/mol. The van der Waals surface area contributed by atoms with Crippen molar-refractivity contribution in [2.75, 3.05) is 5.32 Å². The molecule has 0 aliphatic rings. The first-order valence-electron chi connectivity index (χ1n) is 10.0. The Morgan fingerprint density at radius 1 is 0.875 bits per heavy atom. The van der Waals surface area contributed by atoms with Gasteiger partial charge in [-0.2, -0.15) is 0 Å². The van der Waals surface area contributed by atoms with E-state index in [1.54, 1.807) is 18.2 Å². The third-order valence-corrected chi connectivity index (χ3v) is 5.21. The molecular formula is C26H18ClN3O2. The maximum absolute atomic E-state index is 12.8. The number of hydrogen-bond donors (Lipinski definition) is 2. The van der Waals surface area contributed by atoms with E-state index in [4.69, 9.17) is 16.3 Å². The second-order valence-electron chi connectivity index (χ2n) is 7.19. The van der Waals surface area contributed by atoms with Gasteiger partial charge in [-0.25, -0.2) is 4.98 Å². The molecule has 1 aromatic heterocycles. The Labute approximate surface area is 189 Å². The Bertz CT molecular complexity index is 1400. The molecular weight excluding hydrogens is 422 g/mol. The fraction of sp³-hybridized carbons (Fsp3) is 0. The SMILES string of the molecule is O=C(Nc1ccccc1Oc1ccccc1)c1ccc(-c2nc3ccc(Cl)cc3[nH]2)cc1. The molecule has 0 spiro atoms. The van der Waals surface area contributed by atoms with Gasteiger partial charge in [0.15, 0.2) is 5.75 Å². The Hall–Kier alpha value is -4.09. The van der Waals surface area contributed by atoms with Crippen LogP contribution in [0.25, 0.3) is 22.4 Å². The van der Waals surface area contributed by atoms with E-state index >= 15 is 0 Å². The average molecular weight is 440 g/mol. The van der Waals surface area contributed by atoms with Crippen LogP contribution in [-0.2, 0) is 0 Å². The minimum atomic E-state index is -0.225. The lowest BCUT2D eigenvalue weighted by molar-refractivity contribution is 0.102. The molecule has 0 fully saturated rings. The van der Waals surface area contributed by atoms with E-state index in [0.717, 1.165) is 22.4 Å². The summed E-state index contributed by atoms with van der Waals surface area (Å²) in [5.41, 5.74) is 3.70. The number of halogens is 1. The van der Waals surface area contributed by atoms with Gasteiger partial charge in [0.25, 0.3) is 5.91 Å². The summed E-state index contributed by atoms with van der Waals surface area (Å²) in [7, 11) is 0. The highest BCUT2D eigenvalue weighted by molar-refractivity contribution is 6.31. The predicted octanol–water partition coefficient (Wildman–Crippen LogP) is 6.93. The summed E-state index contributed by atoms with van der Waals surface area (Å²) in [6.45, 7) is 0. The lowest BCUT2D eigenvalue weighted by Gasteiger charge is -2.12. The quantitative estimate of drug-likeness (QED) is 0.312. The summed E-state index contributed by atoms with van der Waals surface area (Å²) < 4.78 is 5.92. The summed E-state index contributed by atoms with van der Waals surface area (Å²) in [5.74, 6) is 1.77. The minimum absolute atomic E-state index is 0.225. The fourth-order valence-corrected chi connectivity index (χ4v) is 3.54. The zero-order chi connectivity index (χ0) is 21.9. The lowest BCUT2D eigenvalue weighted by atomic mass is 10.1. The van der Waals surface area contributed by atoms with Gasteiger partial charge in [-0.3, -0.25) is 4.79 Å². The Morgan fingerprint density at radius 3 is 2.44 bits per heavy atom. The van der Waals surface area contributed by atoms with Gasteiger partial charge in [-0.1, -0.05) is 54.1 Å². The normalized spacial score (nSPS) is 10.8. The van der Waals surface area contributed by atoms with E-state index in [-0.39, 0.29) is 5.91 Å². The van der Waals surface area contributed by atoms with Gasteiger partial charge in [0.05, 0.1) is 16.7 Å². The van der Waals surface area contributed by atoms with Crippen LogP contribution in [0.3, 0.4) is 0 Å². The number of nitrogens with one attached hydrogen (secondary N) is 2.